The van der Waals surface area contributed by atoms with Crippen LogP contribution in [0.25, 0.3) is 0 Å². The van der Waals surface area contributed by atoms with Gasteiger partial charge in [0.2, 0.25) is 0 Å². The van der Waals surface area contributed by atoms with Gasteiger partial charge in [0.1, 0.15) is 0 Å². The SMILES string of the molecule is CCNC(=O)Nc1cnn(C)c1. The van der Waals surface area contributed by atoms with Gasteiger partial charge in [-0.1, -0.05) is 0 Å². The van der Waals surface area contributed by atoms with Gasteiger partial charge in [0.05, 0.1) is 11.9 Å². The molecule has 0 saturated carbocycles. The molecule has 0 radical (unpaired) electrons. The third kappa shape index (κ3) is 2.26. The fourth-order valence-electron chi connectivity index (χ4n) is 0.822. The number of carbonyl (C=O) groups is 1. The number of hydrogen-bond donors (Lipinski definition) is 2. The average Bonchev–Trinajstić information content (AvgIpc) is 2.36. The van der Waals surface area contributed by atoms with Crippen LogP contribution in [0.1, 0.15) is 6.92 Å². The Balaban J connectivity index is 2.46. The number of hydrogen-bond acceptors (Lipinski definition) is 2. The summed E-state index contributed by atoms with van der Waals surface area (Å²) in [5.74, 6) is 0. The van der Waals surface area contributed by atoms with Gasteiger partial charge in [-0.3, -0.25) is 4.68 Å². The average molecular weight is 168 g/mol. The van der Waals surface area contributed by atoms with E-state index in [1.54, 1.807) is 24.1 Å². The molecule has 1 heterocycles. The molecule has 2 amide bonds. The monoisotopic (exact) mass is 168 g/mol. The Morgan fingerprint density at radius 3 is 3.00 bits per heavy atom. The Morgan fingerprint density at radius 1 is 1.75 bits per heavy atom. The largest absolute Gasteiger partial charge is 0.338 e. The first-order valence-corrected chi connectivity index (χ1v) is 3.76. The first-order chi connectivity index (χ1) is 5.72. The number of aromatic nitrogens is 2. The maximum Gasteiger partial charge on any atom is 0.319 e. The molecule has 0 spiro atoms. The predicted molar refractivity (Wildman–Crippen MR) is 45.9 cm³/mol. The topological polar surface area (TPSA) is 59.0 Å². The summed E-state index contributed by atoms with van der Waals surface area (Å²) in [7, 11) is 1.79. The van der Waals surface area contributed by atoms with Crippen LogP contribution in [-0.2, 0) is 7.05 Å². The van der Waals surface area contributed by atoms with Gasteiger partial charge < -0.3 is 10.6 Å². The standard InChI is InChI=1S/C7H12N4O/c1-3-8-7(12)10-6-4-9-11(2)5-6/h4-5H,3H2,1-2H3,(H2,8,10,12). The molecule has 2 N–H and O–H groups in total. The van der Waals surface area contributed by atoms with E-state index in [2.05, 4.69) is 15.7 Å². The van der Waals surface area contributed by atoms with Crippen molar-refractivity contribution in [2.45, 2.75) is 6.92 Å². The highest BCUT2D eigenvalue weighted by Crippen LogP contribution is 2.01. The molecule has 1 aromatic rings. The van der Waals surface area contributed by atoms with Crippen LogP contribution in [0.4, 0.5) is 10.5 Å². The second-order valence-corrected chi connectivity index (χ2v) is 2.39. The Hall–Kier alpha value is -1.52. The van der Waals surface area contributed by atoms with Crippen molar-refractivity contribution < 1.29 is 4.79 Å². The van der Waals surface area contributed by atoms with Gasteiger partial charge in [0.25, 0.3) is 0 Å². The van der Waals surface area contributed by atoms with Gasteiger partial charge in [0, 0.05) is 19.8 Å². The molecule has 1 rings (SSSR count). The van der Waals surface area contributed by atoms with Gasteiger partial charge in [0.15, 0.2) is 0 Å². The molecule has 0 aliphatic heterocycles. The highest BCUT2D eigenvalue weighted by Gasteiger charge is 1.99. The second kappa shape index (κ2) is 3.75. The fraction of sp³-hybridized carbons (Fsp3) is 0.429. The van der Waals surface area contributed by atoms with Gasteiger partial charge in [-0.15, -0.1) is 0 Å². The molecule has 5 heteroatoms. The van der Waals surface area contributed by atoms with E-state index in [-0.39, 0.29) is 6.03 Å². The number of rotatable bonds is 2. The maximum absolute atomic E-state index is 11.0. The number of amides is 2. The van der Waals surface area contributed by atoms with E-state index in [1.165, 1.54) is 0 Å². The summed E-state index contributed by atoms with van der Waals surface area (Å²) in [6.45, 7) is 2.48. The van der Waals surface area contributed by atoms with Gasteiger partial charge in [-0.05, 0) is 6.92 Å². The molecule has 66 valence electrons. The van der Waals surface area contributed by atoms with Crippen LogP contribution in [-0.4, -0.2) is 22.4 Å². The van der Waals surface area contributed by atoms with Gasteiger partial charge in [-0.25, -0.2) is 4.79 Å². The third-order valence-corrected chi connectivity index (χ3v) is 1.30. The van der Waals surface area contributed by atoms with Crippen molar-refractivity contribution in [1.29, 1.82) is 0 Å². The van der Waals surface area contributed by atoms with Crippen molar-refractivity contribution in [3.8, 4) is 0 Å². The summed E-state index contributed by atoms with van der Waals surface area (Å²) in [5, 5.41) is 9.15. The number of nitrogens with one attached hydrogen (secondary N) is 2. The fourth-order valence-corrected chi connectivity index (χ4v) is 0.822. The molecule has 5 nitrogen and oxygen atoms in total. The molecule has 0 aromatic carbocycles. The Morgan fingerprint density at radius 2 is 2.50 bits per heavy atom. The molecule has 12 heavy (non-hydrogen) atoms. The second-order valence-electron chi connectivity index (χ2n) is 2.39. The Labute approximate surface area is 70.8 Å². The van der Waals surface area contributed by atoms with E-state index in [0.29, 0.717) is 12.2 Å². The predicted octanol–water partition coefficient (Wildman–Crippen LogP) is 0.561. The first-order valence-electron chi connectivity index (χ1n) is 3.76. The van der Waals surface area contributed by atoms with Crippen molar-refractivity contribution in [3.05, 3.63) is 12.4 Å². The highest BCUT2D eigenvalue weighted by molar-refractivity contribution is 5.88. The van der Waals surface area contributed by atoms with Gasteiger partial charge >= 0.3 is 6.03 Å². The molecule has 0 atom stereocenters. The van der Waals surface area contributed by atoms with E-state index < -0.39 is 0 Å². The van der Waals surface area contributed by atoms with Crippen LogP contribution in [0.5, 0.6) is 0 Å². The summed E-state index contributed by atoms with van der Waals surface area (Å²) >= 11 is 0. The van der Waals surface area contributed by atoms with E-state index in [9.17, 15) is 4.79 Å². The van der Waals surface area contributed by atoms with Crippen molar-refractivity contribution in [3.63, 3.8) is 0 Å². The summed E-state index contributed by atoms with van der Waals surface area (Å²) in [4.78, 5) is 11.0. The zero-order chi connectivity index (χ0) is 8.97. The molecule has 0 unspecified atom stereocenters. The van der Waals surface area contributed by atoms with E-state index in [1.807, 2.05) is 6.92 Å². The van der Waals surface area contributed by atoms with Crippen molar-refractivity contribution >= 4 is 11.7 Å². The Kier molecular flexibility index (Phi) is 2.68. The lowest BCUT2D eigenvalue weighted by atomic mass is 10.6. The van der Waals surface area contributed by atoms with Gasteiger partial charge in [-0.2, -0.15) is 5.10 Å². The lowest BCUT2D eigenvalue weighted by Crippen LogP contribution is -2.27. The third-order valence-electron chi connectivity index (χ3n) is 1.30. The zero-order valence-corrected chi connectivity index (χ0v) is 7.16. The summed E-state index contributed by atoms with van der Waals surface area (Å²) < 4.78 is 1.63. The number of urea groups is 1. The normalized spacial score (nSPS) is 9.50. The minimum absolute atomic E-state index is 0.203. The first kappa shape index (κ1) is 8.58. The molecular formula is C7H12N4O. The lowest BCUT2D eigenvalue weighted by Gasteiger charge is -2.01. The maximum atomic E-state index is 11.0. The van der Waals surface area contributed by atoms with Crippen LogP contribution >= 0.6 is 0 Å². The number of nitrogens with zero attached hydrogens (tertiary/aromatic N) is 2. The minimum Gasteiger partial charge on any atom is -0.338 e. The van der Waals surface area contributed by atoms with E-state index >= 15 is 0 Å². The number of aryl methyl sites for hydroxylation is 1. The van der Waals surface area contributed by atoms with Crippen LogP contribution in [0.3, 0.4) is 0 Å². The summed E-state index contributed by atoms with van der Waals surface area (Å²) in [6.07, 6.45) is 3.32. The molecule has 1 aromatic heterocycles. The molecule has 0 saturated heterocycles. The zero-order valence-electron chi connectivity index (χ0n) is 7.16. The number of anilines is 1. The van der Waals surface area contributed by atoms with Crippen LogP contribution in [0.2, 0.25) is 0 Å². The molecule has 0 aliphatic carbocycles. The lowest BCUT2D eigenvalue weighted by molar-refractivity contribution is 0.252. The smallest absolute Gasteiger partial charge is 0.319 e. The molecule has 0 bridgehead atoms. The highest BCUT2D eigenvalue weighted by atomic mass is 16.2. The van der Waals surface area contributed by atoms with Crippen LogP contribution in [0.15, 0.2) is 12.4 Å². The molecule has 0 fully saturated rings. The van der Waals surface area contributed by atoms with Crippen LogP contribution in [0, 0.1) is 0 Å². The summed E-state index contributed by atoms with van der Waals surface area (Å²) in [5.41, 5.74) is 0.698. The van der Waals surface area contributed by atoms with E-state index in [4.69, 9.17) is 0 Å². The number of carbonyl (C=O) groups excluding carboxylic acids is 1. The molecule has 0 aliphatic rings. The van der Waals surface area contributed by atoms with Crippen molar-refractivity contribution in [2.24, 2.45) is 7.05 Å². The van der Waals surface area contributed by atoms with Crippen molar-refractivity contribution in [1.82, 2.24) is 15.1 Å². The van der Waals surface area contributed by atoms with Crippen LogP contribution < -0.4 is 10.6 Å². The van der Waals surface area contributed by atoms with E-state index in [0.717, 1.165) is 0 Å². The minimum atomic E-state index is -0.203. The quantitative estimate of drug-likeness (QED) is 0.678. The molecular weight excluding hydrogens is 156 g/mol. The summed E-state index contributed by atoms with van der Waals surface area (Å²) in [6, 6.07) is -0.203. The van der Waals surface area contributed by atoms with Crippen molar-refractivity contribution in [2.75, 3.05) is 11.9 Å². The Bertz CT molecular complexity index is 268.